The molecule has 1 aromatic heterocycles. The van der Waals surface area contributed by atoms with Gasteiger partial charge in [-0.25, -0.2) is 18.7 Å². The molecule has 26 heavy (non-hydrogen) atoms. The minimum atomic E-state index is -0.872. The quantitative estimate of drug-likeness (QED) is 0.770. The molecular weight excluding hydrogens is 346 g/mol. The van der Waals surface area contributed by atoms with Crippen LogP contribution in [-0.4, -0.2) is 33.0 Å². The number of carbonyl (C=O) groups is 2. The number of rotatable bonds is 4. The largest absolute Gasteiger partial charge is 0.481 e. The van der Waals surface area contributed by atoms with E-state index in [2.05, 4.69) is 20.6 Å². The lowest BCUT2D eigenvalue weighted by atomic mass is 9.80. The number of nitrogens with one attached hydrogen (secondary N) is 2. The van der Waals surface area contributed by atoms with Crippen LogP contribution in [0, 0.1) is 17.6 Å². The van der Waals surface area contributed by atoms with Gasteiger partial charge in [0.05, 0.1) is 23.7 Å². The van der Waals surface area contributed by atoms with E-state index in [0.29, 0.717) is 18.5 Å². The predicted octanol–water partition coefficient (Wildman–Crippen LogP) is 1.94. The van der Waals surface area contributed by atoms with Gasteiger partial charge in [0.15, 0.2) is 5.82 Å². The number of carbonyl (C=O) groups excluding carboxylic acids is 1. The topological polar surface area (TPSA) is 104 Å². The molecule has 2 aliphatic rings. The molecule has 0 bridgehead atoms. The Bertz CT molecular complexity index is 908. The third kappa shape index (κ3) is 2.65. The highest BCUT2D eigenvalue weighted by Crippen LogP contribution is 2.33. The first-order valence-electron chi connectivity index (χ1n) is 8.07. The second-order valence-electron chi connectivity index (χ2n) is 6.34. The van der Waals surface area contributed by atoms with Gasteiger partial charge in [0.25, 0.3) is 5.91 Å². The molecule has 3 N–H and O–H groups in total. The minimum Gasteiger partial charge on any atom is -0.481 e. The summed E-state index contributed by atoms with van der Waals surface area (Å²) >= 11 is 0. The number of fused-ring (bicyclic) bond motifs is 1. The predicted molar refractivity (Wildman–Crippen MR) is 86.3 cm³/mol. The summed E-state index contributed by atoms with van der Waals surface area (Å²) in [5, 5.41) is 14.6. The number of hydrogen-bond acceptors (Lipinski definition) is 5. The Balaban J connectivity index is 1.73. The average molecular weight is 360 g/mol. The highest BCUT2D eigenvalue weighted by Gasteiger charge is 2.36. The van der Waals surface area contributed by atoms with Gasteiger partial charge in [-0.1, -0.05) is 6.07 Å². The van der Waals surface area contributed by atoms with Crippen LogP contribution in [0.4, 0.5) is 14.6 Å². The normalized spacial score (nSPS) is 20.9. The van der Waals surface area contributed by atoms with Crippen molar-refractivity contribution in [1.82, 2.24) is 15.3 Å². The molecule has 0 atom stereocenters. The van der Waals surface area contributed by atoms with Crippen molar-refractivity contribution in [3.8, 4) is 11.4 Å². The summed E-state index contributed by atoms with van der Waals surface area (Å²) in [6, 6.07) is 3.28. The standard InChI is InChI=1S/C17H14F2N4O3/c18-9-2-1-3-10(19)12(9)14-22-11-6-20-16(24)13(11)15(23-14)21-8-4-7(5-8)17(25)26/h1-3,7-8H,4-6H2,(H,20,24)(H,25,26)(H,21,22,23). The van der Waals surface area contributed by atoms with E-state index in [1.165, 1.54) is 6.07 Å². The number of aromatic nitrogens is 2. The molecule has 9 heteroatoms. The fourth-order valence-electron chi connectivity index (χ4n) is 3.18. The SMILES string of the molecule is O=C1NCc2nc(-c3c(F)cccc3F)nc(NC3CC(C(=O)O)C3)c21. The zero-order valence-corrected chi connectivity index (χ0v) is 13.4. The summed E-state index contributed by atoms with van der Waals surface area (Å²) < 4.78 is 28.2. The first kappa shape index (κ1) is 16.4. The second kappa shape index (κ2) is 6.01. The zero-order valence-electron chi connectivity index (χ0n) is 13.4. The summed E-state index contributed by atoms with van der Waals surface area (Å²) in [5.74, 6) is -3.30. The number of benzene rings is 1. The maximum Gasteiger partial charge on any atom is 0.306 e. The van der Waals surface area contributed by atoms with Gasteiger partial charge in [0.2, 0.25) is 0 Å². The van der Waals surface area contributed by atoms with Crippen molar-refractivity contribution >= 4 is 17.7 Å². The molecule has 1 aliphatic carbocycles. The number of carboxylic acid groups (broad SMARTS) is 1. The highest BCUT2D eigenvalue weighted by molar-refractivity contribution is 6.02. The van der Waals surface area contributed by atoms with Crippen LogP contribution in [-0.2, 0) is 11.3 Å². The third-order valence-corrected chi connectivity index (χ3v) is 4.64. The van der Waals surface area contributed by atoms with Gasteiger partial charge in [-0.3, -0.25) is 9.59 Å². The number of amides is 1. The van der Waals surface area contributed by atoms with Gasteiger partial charge in [0, 0.05) is 6.04 Å². The van der Waals surface area contributed by atoms with E-state index < -0.39 is 23.5 Å². The van der Waals surface area contributed by atoms with E-state index in [-0.39, 0.29) is 41.3 Å². The zero-order chi connectivity index (χ0) is 18.4. The Morgan fingerprint density at radius 3 is 2.54 bits per heavy atom. The molecular formula is C17H14F2N4O3. The molecule has 7 nitrogen and oxygen atoms in total. The fraction of sp³-hybridized carbons (Fsp3) is 0.294. The number of nitrogens with zero attached hydrogens (tertiary/aromatic N) is 2. The van der Waals surface area contributed by atoms with Gasteiger partial charge >= 0.3 is 5.97 Å². The molecule has 0 unspecified atom stereocenters. The average Bonchev–Trinajstić information content (AvgIpc) is 2.91. The van der Waals surface area contributed by atoms with Crippen LogP contribution in [0.25, 0.3) is 11.4 Å². The van der Waals surface area contributed by atoms with Gasteiger partial charge in [0.1, 0.15) is 23.0 Å². The van der Waals surface area contributed by atoms with Gasteiger partial charge in [-0.05, 0) is 25.0 Å². The highest BCUT2D eigenvalue weighted by atomic mass is 19.1. The van der Waals surface area contributed by atoms with Crippen molar-refractivity contribution in [1.29, 1.82) is 0 Å². The molecule has 0 saturated heterocycles. The Hall–Kier alpha value is -3.10. The summed E-state index contributed by atoms with van der Waals surface area (Å²) in [6.45, 7) is 0.136. The van der Waals surface area contributed by atoms with Crippen LogP contribution in [0.1, 0.15) is 28.9 Å². The summed E-state index contributed by atoms with van der Waals surface area (Å²) in [4.78, 5) is 31.3. The molecule has 2 aromatic rings. The van der Waals surface area contributed by atoms with Gasteiger partial charge in [-0.2, -0.15) is 0 Å². The monoisotopic (exact) mass is 360 g/mol. The first-order valence-corrected chi connectivity index (χ1v) is 8.07. The van der Waals surface area contributed by atoms with E-state index in [1.807, 2.05) is 0 Å². The molecule has 1 fully saturated rings. The van der Waals surface area contributed by atoms with Gasteiger partial charge in [-0.15, -0.1) is 0 Å². The molecule has 1 amide bonds. The molecule has 134 valence electrons. The van der Waals surface area contributed by atoms with Crippen molar-refractivity contribution < 1.29 is 23.5 Å². The lowest BCUT2D eigenvalue weighted by molar-refractivity contribution is -0.144. The molecule has 0 spiro atoms. The van der Waals surface area contributed by atoms with Crippen molar-refractivity contribution in [3.05, 3.63) is 41.1 Å². The first-order chi connectivity index (χ1) is 12.4. The summed E-state index contributed by atoms with van der Waals surface area (Å²) in [6.07, 6.45) is 0.776. The summed E-state index contributed by atoms with van der Waals surface area (Å²) in [7, 11) is 0. The Morgan fingerprint density at radius 2 is 1.88 bits per heavy atom. The molecule has 1 aliphatic heterocycles. The Morgan fingerprint density at radius 1 is 1.19 bits per heavy atom. The lowest BCUT2D eigenvalue weighted by Crippen LogP contribution is -2.40. The van der Waals surface area contributed by atoms with Crippen LogP contribution in [0.2, 0.25) is 0 Å². The van der Waals surface area contributed by atoms with Gasteiger partial charge < -0.3 is 15.7 Å². The molecule has 4 rings (SSSR count). The number of carboxylic acids is 1. The minimum absolute atomic E-state index is 0.136. The maximum absolute atomic E-state index is 14.1. The number of halogens is 2. The third-order valence-electron chi connectivity index (χ3n) is 4.64. The van der Waals surface area contributed by atoms with E-state index in [1.54, 1.807) is 0 Å². The molecule has 1 saturated carbocycles. The number of aliphatic carboxylic acids is 1. The van der Waals surface area contributed by atoms with Crippen LogP contribution < -0.4 is 10.6 Å². The lowest BCUT2D eigenvalue weighted by Gasteiger charge is -2.33. The van der Waals surface area contributed by atoms with E-state index >= 15 is 0 Å². The van der Waals surface area contributed by atoms with E-state index in [4.69, 9.17) is 5.11 Å². The maximum atomic E-state index is 14.1. The molecule has 0 radical (unpaired) electrons. The van der Waals surface area contributed by atoms with Crippen LogP contribution in [0.5, 0.6) is 0 Å². The van der Waals surface area contributed by atoms with E-state index in [9.17, 15) is 18.4 Å². The van der Waals surface area contributed by atoms with Crippen molar-refractivity contribution in [3.63, 3.8) is 0 Å². The van der Waals surface area contributed by atoms with E-state index in [0.717, 1.165) is 12.1 Å². The second-order valence-corrected chi connectivity index (χ2v) is 6.34. The summed E-state index contributed by atoms with van der Waals surface area (Å²) in [5.41, 5.74) is 0.207. The van der Waals surface area contributed by atoms with Crippen LogP contribution >= 0.6 is 0 Å². The Kier molecular flexibility index (Phi) is 3.78. The van der Waals surface area contributed by atoms with Crippen LogP contribution in [0.15, 0.2) is 18.2 Å². The van der Waals surface area contributed by atoms with Crippen molar-refractivity contribution in [2.75, 3.05) is 5.32 Å². The molecule has 2 heterocycles. The fourth-order valence-corrected chi connectivity index (χ4v) is 3.18. The number of anilines is 1. The van der Waals surface area contributed by atoms with Crippen molar-refractivity contribution in [2.24, 2.45) is 5.92 Å². The molecule has 1 aromatic carbocycles. The van der Waals surface area contributed by atoms with Crippen molar-refractivity contribution in [2.45, 2.75) is 25.4 Å². The Labute approximate surface area is 146 Å². The van der Waals surface area contributed by atoms with Crippen LogP contribution in [0.3, 0.4) is 0 Å². The smallest absolute Gasteiger partial charge is 0.306 e. The number of hydrogen-bond donors (Lipinski definition) is 3.